The maximum absolute atomic E-state index is 5.96. The van der Waals surface area contributed by atoms with Crippen molar-refractivity contribution in [2.75, 3.05) is 7.05 Å². The van der Waals surface area contributed by atoms with Crippen LogP contribution in [0.4, 0.5) is 0 Å². The molecule has 0 radical (unpaired) electrons. The minimum atomic E-state index is 0.409. The first-order chi connectivity index (χ1) is 6.70. The Hall–Kier alpha value is -0.240. The molecule has 0 spiro atoms. The zero-order chi connectivity index (χ0) is 10.1. The highest BCUT2D eigenvalue weighted by Crippen LogP contribution is 2.41. The topological polar surface area (TPSA) is 12.0 Å². The highest BCUT2D eigenvalue weighted by atomic mass is 35.5. The van der Waals surface area contributed by atoms with Crippen LogP contribution in [0.2, 0.25) is 10.0 Å². The summed E-state index contributed by atoms with van der Waals surface area (Å²) in [5, 5.41) is 4.75. The second-order valence-electron chi connectivity index (χ2n) is 3.81. The quantitative estimate of drug-likeness (QED) is 0.835. The lowest BCUT2D eigenvalue weighted by Crippen LogP contribution is -2.18. The monoisotopic (exact) mass is 229 g/mol. The lowest BCUT2D eigenvalue weighted by molar-refractivity contribution is 0.529. The molecule has 1 fully saturated rings. The Morgan fingerprint density at radius 2 is 1.79 bits per heavy atom. The molecule has 2 rings (SSSR count). The van der Waals surface area contributed by atoms with Gasteiger partial charge in [-0.15, -0.1) is 0 Å². The third kappa shape index (κ3) is 2.22. The second kappa shape index (κ2) is 4.09. The Morgan fingerprint density at radius 3 is 2.21 bits per heavy atom. The molecule has 0 amide bonds. The van der Waals surface area contributed by atoms with Crippen LogP contribution in [0.1, 0.15) is 24.4 Å². The molecule has 1 aromatic rings. The van der Waals surface area contributed by atoms with Crippen LogP contribution < -0.4 is 5.32 Å². The molecular formula is C11H13Cl2N. The molecule has 3 heteroatoms. The van der Waals surface area contributed by atoms with E-state index in [9.17, 15) is 0 Å². The van der Waals surface area contributed by atoms with Crippen molar-refractivity contribution in [1.29, 1.82) is 0 Å². The molecule has 1 nitrogen and oxygen atoms in total. The van der Waals surface area contributed by atoms with Gasteiger partial charge in [-0.25, -0.2) is 0 Å². The van der Waals surface area contributed by atoms with Crippen molar-refractivity contribution in [2.45, 2.75) is 18.9 Å². The maximum atomic E-state index is 5.96. The fourth-order valence-electron chi connectivity index (χ4n) is 1.86. The van der Waals surface area contributed by atoms with Gasteiger partial charge in [-0.05, 0) is 49.6 Å². The molecular weight excluding hydrogens is 217 g/mol. The summed E-state index contributed by atoms with van der Waals surface area (Å²) < 4.78 is 0. The molecule has 1 N–H and O–H groups in total. The van der Waals surface area contributed by atoms with Crippen molar-refractivity contribution in [3.8, 4) is 0 Å². The van der Waals surface area contributed by atoms with Crippen LogP contribution in [0.25, 0.3) is 0 Å². The highest BCUT2D eigenvalue weighted by Gasteiger charge is 2.31. The van der Waals surface area contributed by atoms with Gasteiger partial charge in [0.1, 0.15) is 0 Å². The van der Waals surface area contributed by atoms with Crippen LogP contribution in [0.3, 0.4) is 0 Å². The molecule has 0 aromatic heterocycles. The van der Waals surface area contributed by atoms with Crippen LogP contribution in [0, 0.1) is 5.92 Å². The summed E-state index contributed by atoms with van der Waals surface area (Å²) in [6.07, 6.45) is 2.60. The number of nitrogens with one attached hydrogen (secondary N) is 1. The Morgan fingerprint density at radius 1 is 1.21 bits per heavy atom. The van der Waals surface area contributed by atoms with Gasteiger partial charge >= 0.3 is 0 Å². The van der Waals surface area contributed by atoms with Gasteiger partial charge in [0, 0.05) is 16.1 Å². The lowest BCUT2D eigenvalue weighted by Gasteiger charge is -2.16. The second-order valence-corrected chi connectivity index (χ2v) is 4.68. The number of benzene rings is 1. The van der Waals surface area contributed by atoms with E-state index in [1.54, 1.807) is 6.07 Å². The third-order valence-corrected chi connectivity index (χ3v) is 3.08. The maximum Gasteiger partial charge on any atom is 0.0424 e. The smallest absolute Gasteiger partial charge is 0.0424 e. The van der Waals surface area contributed by atoms with Gasteiger partial charge in [-0.2, -0.15) is 0 Å². The van der Waals surface area contributed by atoms with Crippen molar-refractivity contribution in [1.82, 2.24) is 5.32 Å². The van der Waals surface area contributed by atoms with E-state index in [4.69, 9.17) is 23.2 Å². The van der Waals surface area contributed by atoms with Crippen molar-refractivity contribution in [3.05, 3.63) is 33.8 Å². The number of rotatable bonds is 3. The fourth-order valence-corrected chi connectivity index (χ4v) is 2.40. The lowest BCUT2D eigenvalue weighted by atomic mass is 10.0. The number of halogens is 2. The van der Waals surface area contributed by atoms with E-state index in [1.165, 1.54) is 18.4 Å². The Bertz CT molecular complexity index is 314. The van der Waals surface area contributed by atoms with Crippen LogP contribution in [-0.4, -0.2) is 7.05 Å². The summed E-state index contributed by atoms with van der Waals surface area (Å²) in [5.74, 6) is 0.759. The van der Waals surface area contributed by atoms with Crippen molar-refractivity contribution in [2.24, 2.45) is 5.92 Å². The number of hydrogen-bond donors (Lipinski definition) is 1. The third-order valence-electron chi connectivity index (χ3n) is 2.65. The standard InChI is InChI=1S/C11H13Cl2N/c1-14-11(7-2-3-7)8-4-9(12)6-10(13)5-8/h4-7,11,14H,2-3H2,1H3. The predicted octanol–water partition coefficient (Wildman–Crippen LogP) is 3.66. The van der Waals surface area contributed by atoms with E-state index in [0.29, 0.717) is 16.1 Å². The fraction of sp³-hybridized carbons (Fsp3) is 0.455. The Labute approximate surface area is 94.4 Å². The normalized spacial score (nSPS) is 18.2. The van der Waals surface area contributed by atoms with Gasteiger partial charge in [-0.3, -0.25) is 0 Å². The van der Waals surface area contributed by atoms with Crippen molar-refractivity contribution in [3.63, 3.8) is 0 Å². The van der Waals surface area contributed by atoms with E-state index in [-0.39, 0.29) is 0 Å². The van der Waals surface area contributed by atoms with E-state index in [0.717, 1.165) is 5.92 Å². The molecule has 0 bridgehead atoms. The Balaban J connectivity index is 2.28. The van der Waals surface area contributed by atoms with Gasteiger partial charge in [0.25, 0.3) is 0 Å². The van der Waals surface area contributed by atoms with Gasteiger partial charge in [-0.1, -0.05) is 23.2 Å². The molecule has 76 valence electrons. The summed E-state index contributed by atoms with van der Waals surface area (Å²) in [4.78, 5) is 0. The molecule has 0 heterocycles. The average Bonchev–Trinajstić information content (AvgIpc) is 2.87. The first-order valence-electron chi connectivity index (χ1n) is 4.84. The van der Waals surface area contributed by atoms with Crippen LogP contribution in [0.5, 0.6) is 0 Å². The first kappa shape index (κ1) is 10.3. The van der Waals surface area contributed by atoms with E-state index in [1.807, 2.05) is 19.2 Å². The summed E-state index contributed by atoms with van der Waals surface area (Å²) in [5.41, 5.74) is 1.20. The molecule has 1 unspecified atom stereocenters. The predicted molar refractivity (Wildman–Crippen MR) is 61.0 cm³/mol. The summed E-state index contributed by atoms with van der Waals surface area (Å²) in [7, 11) is 1.98. The molecule has 14 heavy (non-hydrogen) atoms. The molecule has 1 atom stereocenters. The molecule has 1 aliphatic carbocycles. The highest BCUT2D eigenvalue weighted by molar-refractivity contribution is 6.34. The van der Waals surface area contributed by atoms with E-state index >= 15 is 0 Å². The number of hydrogen-bond acceptors (Lipinski definition) is 1. The van der Waals surface area contributed by atoms with Crippen LogP contribution in [0.15, 0.2) is 18.2 Å². The van der Waals surface area contributed by atoms with E-state index < -0.39 is 0 Å². The van der Waals surface area contributed by atoms with Gasteiger partial charge in [0.15, 0.2) is 0 Å². The SMILES string of the molecule is CNC(c1cc(Cl)cc(Cl)c1)C1CC1. The van der Waals surface area contributed by atoms with Crippen molar-refractivity contribution >= 4 is 23.2 Å². The van der Waals surface area contributed by atoms with Crippen LogP contribution >= 0.6 is 23.2 Å². The zero-order valence-corrected chi connectivity index (χ0v) is 9.57. The molecule has 1 aromatic carbocycles. The zero-order valence-electron chi connectivity index (χ0n) is 8.06. The molecule has 1 aliphatic rings. The van der Waals surface area contributed by atoms with Crippen molar-refractivity contribution < 1.29 is 0 Å². The summed E-state index contributed by atoms with van der Waals surface area (Å²) >= 11 is 11.9. The van der Waals surface area contributed by atoms with Gasteiger partial charge < -0.3 is 5.32 Å². The van der Waals surface area contributed by atoms with Gasteiger partial charge in [0.2, 0.25) is 0 Å². The molecule has 1 saturated carbocycles. The summed E-state index contributed by atoms with van der Waals surface area (Å²) in [6, 6.07) is 6.16. The molecule has 0 aliphatic heterocycles. The first-order valence-corrected chi connectivity index (χ1v) is 5.59. The average molecular weight is 230 g/mol. The molecule has 0 saturated heterocycles. The van der Waals surface area contributed by atoms with Crippen LogP contribution in [-0.2, 0) is 0 Å². The minimum absolute atomic E-state index is 0.409. The largest absolute Gasteiger partial charge is 0.313 e. The van der Waals surface area contributed by atoms with E-state index in [2.05, 4.69) is 5.32 Å². The summed E-state index contributed by atoms with van der Waals surface area (Å²) in [6.45, 7) is 0. The minimum Gasteiger partial charge on any atom is -0.313 e. The van der Waals surface area contributed by atoms with Gasteiger partial charge in [0.05, 0.1) is 0 Å². The Kier molecular flexibility index (Phi) is 3.01.